The monoisotopic (exact) mass is 182 g/mol. The predicted molar refractivity (Wildman–Crippen MR) is 52.9 cm³/mol. The fourth-order valence-electron chi connectivity index (χ4n) is 1.05. The van der Waals surface area contributed by atoms with Crippen molar-refractivity contribution in [3.63, 3.8) is 0 Å². The molecule has 0 saturated heterocycles. The average molecular weight is 182 g/mol. The van der Waals surface area contributed by atoms with Gasteiger partial charge in [-0.3, -0.25) is 0 Å². The molecule has 1 rings (SSSR count). The largest absolute Gasteiger partial charge is 0.206 e. The minimum absolute atomic E-state index is 0.164. The number of rotatable bonds is 2. The molecule has 64 valence electrons. The van der Waals surface area contributed by atoms with Crippen LogP contribution in [0.5, 0.6) is 0 Å². The molecule has 0 spiro atoms. The van der Waals surface area contributed by atoms with Crippen LogP contribution in [0.1, 0.15) is 12.5 Å². The van der Waals surface area contributed by atoms with Crippen LogP contribution in [-0.2, 0) is 0 Å². The lowest BCUT2D eigenvalue weighted by Crippen LogP contribution is -1.87. The molecule has 0 heterocycles. The van der Waals surface area contributed by atoms with E-state index in [1.165, 1.54) is 17.8 Å². The summed E-state index contributed by atoms with van der Waals surface area (Å²) >= 11 is 1.41. The highest BCUT2D eigenvalue weighted by Crippen LogP contribution is 2.27. The first-order valence-electron chi connectivity index (χ1n) is 3.65. The molecule has 0 atom stereocenters. The van der Waals surface area contributed by atoms with Gasteiger partial charge in [-0.25, -0.2) is 4.39 Å². The first kappa shape index (κ1) is 9.33. The normalized spacial score (nSPS) is 9.92. The van der Waals surface area contributed by atoms with Crippen molar-refractivity contribution in [1.29, 1.82) is 0 Å². The summed E-state index contributed by atoms with van der Waals surface area (Å²) in [6.45, 7) is 5.68. The number of hydrogen-bond acceptors (Lipinski definition) is 1. The summed E-state index contributed by atoms with van der Waals surface area (Å²) in [6, 6.07) is 5.06. The molecule has 0 aliphatic carbocycles. The molecule has 0 unspecified atom stereocenters. The zero-order valence-corrected chi connectivity index (χ0v) is 8.04. The Kier molecular flexibility index (Phi) is 2.93. The first-order chi connectivity index (χ1) is 5.66. The van der Waals surface area contributed by atoms with E-state index in [4.69, 9.17) is 0 Å². The quantitative estimate of drug-likeness (QED) is 0.630. The van der Waals surface area contributed by atoms with Crippen LogP contribution < -0.4 is 0 Å². The maximum Gasteiger partial charge on any atom is 0.137 e. The molecule has 0 N–H and O–H groups in total. The zero-order valence-electron chi connectivity index (χ0n) is 7.23. The Balaban J connectivity index is 3.27. The lowest BCUT2D eigenvalue weighted by Gasteiger charge is -2.06. The molecular formula is C10H11FS. The van der Waals surface area contributed by atoms with Crippen molar-refractivity contribution < 1.29 is 4.39 Å². The maximum absolute atomic E-state index is 13.1. The molecule has 0 aliphatic heterocycles. The number of allylic oxidation sites excluding steroid dienone is 1. The van der Waals surface area contributed by atoms with Gasteiger partial charge in [-0.05, 0) is 30.4 Å². The highest BCUT2D eigenvalue weighted by Gasteiger charge is 2.06. The average Bonchev–Trinajstić information content (AvgIpc) is 2.03. The number of halogens is 1. The second kappa shape index (κ2) is 3.76. The Morgan fingerprint density at radius 2 is 2.17 bits per heavy atom. The molecule has 0 radical (unpaired) electrons. The third-order valence-corrected chi connectivity index (χ3v) is 2.45. The van der Waals surface area contributed by atoms with E-state index in [1.807, 2.05) is 19.2 Å². The number of benzene rings is 1. The van der Waals surface area contributed by atoms with Gasteiger partial charge in [-0.2, -0.15) is 0 Å². The summed E-state index contributed by atoms with van der Waals surface area (Å²) in [7, 11) is 0. The minimum atomic E-state index is -0.164. The third kappa shape index (κ3) is 1.69. The summed E-state index contributed by atoms with van der Waals surface area (Å²) in [5.41, 5.74) is 1.81. The van der Waals surface area contributed by atoms with E-state index in [0.29, 0.717) is 4.90 Å². The van der Waals surface area contributed by atoms with Crippen LogP contribution in [0.25, 0.3) is 5.57 Å². The zero-order chi connectivity index (χ0) is 9.14. The fourth-order valence-corrected chi connectivity index (χ4v) is 1.78. The molecule has 0 amide bonds. The molecule has 0 aliphatic rings. The fraction of sp³-hybridized carbons (Fsp3) is 0.200. The van der Waals surface area contributed by atoms with Crippen LogP contribution in [0, 0.1) is 5.82 Å². The van der Waals surface area contributed by atoms with Crippen LogP contribution in [0.15, 0.2) is 29.7 Å². The van der Waals surface area contributed by atoms with Crippen molar-refractivity contribution in [3.8, 4) is 0 Å². The van der Waals surface area contributed by atoms with Crippen molar-refractivity contribution in [1.82, 2.24) is 0 Å². The van der Waals surface area contributed by atoms with E-state index in [2.05, 4.69) is 6.58 Å². The summed E-state index contributed by atoms with van der Waals surface area (Å²) in [6.07, 6.45) is 1.87. The van der Waals surface area contributed by atoms with Crippen LogP contribution in [-0.4, -0.2) is 6.26 Å². The molecule has 0 aromatic heterocycles. The summed E-state index contributed by atoms with van der Waals surface area (Å²) in [5.74, 6) is -0.164. The van der Waals surface area contributed by atoms with E-state index in [9.17, 15) is 4.39 Å². The van der Waals surface area contributed by atoms with Crippen LogP contribution in [0.3, 0.4) is 0 Å². The minimum Gasteiger partial charge on any atom is -0.206 e. The van der Waals surface area contributed by atoms with Gasteiger partial charge in [0.15, 0.2) is 0 Å². The second-order valence-corrected chi connectivity index (χ2v) is 3.42. The van der Waals surface area contributed by atoms with Gasteiger partial charge in [0.05, 0.1) is 4.90 Å². The van der Waals surface area contributed by atoms with Gasteiger partial charge in [0.25, 0.3) is 0 Å². The number of hydrogen-bond donors (Lipinski definition) is 0. The van der Waals surface area contributed by atoms with Crippen molar-refractivity contribution in [2.75, 3.05) is 6.26 Å². The Hall–Kier alpha value is -0.760. The Bertz CT molecular complexity index is 305. The van der Waals surface area contributed by atoms with Crippen molar-refractivity contribution in [2.24, 2.45) is 0 Å². The first-order valence-corrected chi connectivity index (χ1v) is 4.87. The maximum atomic E-state index is 13.1. The summed E-state index contributed by atoms with van der Waals surface area (Å²) in [4.78, 5) is 0.685. The lowest BCUT2D eigenvalue weighted by atomic mass is 10.1. The third-order valence-electron chi connectivity index (χ3n) is 1.63. The van der Waals surface area contributed by atoms with Gasteiger partial charge < -0.3 is 0 Å². The van der Waals surface area contributed by atoms with Crippen LogP contribution >= 0.6 is 11.8 Å². The second-order valence-electron chi connectivity index (χ2n) is 2.60. The van der Waals surface area contributed by atoms with Crippen molar-refractivity contribution in [2.45, 2.75) is 11.8 Å². The molecule has 0 saturated carbocycles. The van der Waals surface area contributed by atoms with Crippen molar-refractivity contribution >= 4 is 17.3 Å². The van der Waals surface area contributed by atoms with E-state index in [0.717, 1.165) is 11.1 Å². The Morgan fingerprint density at radius 3 is 2.58 bits per heavy atom. The van der Waals surface area contributed by atoms with Gasteiger partial charge in [-0.1, -0.05) is 18.7 Å². The Morgan fingerprint density at radius 1 is 1.50 bits per heavy atom. The van der Waals surface area contributed by atoms with E-state index in [1.54, 1.807) is 6.07 Å². The van der Waals surface area contributed by atoms with Gasteiger partial charge in [-0.15, -0.1) is 11.8 Å². The van der Waals surface area contributed by atoms with E-state index < -0.39 is 0 Å². The SMILES string of the molecule is C=C(C)c1cccc(F)c1SC. The summed E-state index contributed by atoms with van der Waals surface area (Å²) < 4.78 is 13.1. The molecule has 2 heteroatoms. The molecular weight excluding hydrogens is 171 g/mol. The Labute approximate surface area is 76.5 Å². The molecule has 0 nitrogen and oxygen atoms in total. The van der Waals surface area contributed by atoms with Gasteiger partial charge >= 0.3 is 0 Å². The van der Waals surface area contributed by atoms with Gasteiger partial charge in [0, 0.05) is 0 Å². The van der Waals surface area contributed by atoms with Gasteiger partial charge in [0.2, 0.25) is 0 Å². The van der Waals surface area contributed by atoms with Crippen LogP contribution in [0.4, 0.5) is 4.39 Å². The highest BCUT2D eigenvalue weighted by atomic mass is 32.2. The number of thioether (sulfide) groups is 1. The lowest BCUT2D eigenvalue weighted by molar-refractivity contribution is 0.601. The van der Waals surface area contributed by atoms with E-state index in [-0.39, 0.29) is 5.82 Å². The molecule has 1 aromatic rings. The van der Waals surface area contributed by atoms with Crippen molar-refractivity contribution in [3.05, 3.63) is 36.2 Å². The summed E-state index contributed by atoms with van der Waals surface area (Å²) in [5, 5.41) is 0. The molecule has 0 fully saturated rings. The molecule has 0 bridgehead atoms. The van der Waals surface area contributed by atoms with Gasteiger partial charge in [0.1, 0.15) is 5.82 Å². The predicted octanol–water partition coefficient (Wildman–Crippen LogP) is 3.58. The van der Waals surface area contributed by atoms with E-state index >= 15 is 0 Å². The molecule has 1 aromatic carbocycles. The smallest absolute Gasteiger partial charge is 0.137 e. The topological polar surface area (TPSA) is 0 Å². The van der Waals surface area contributed by atoms with Crippen LogP contribution in [0.2, 0.25) is 0 Å². The standard InChI is InChI=1S/C10H11FS/c1-7(2)8-5-4-6-9(11)10(8)12-3/h4-6H,1H2,2-3H3. The highest BCUT2D eigenvalue weighted by molar-refractivity contribution is 7.98. The molecule has 12 heavy (non-hydrogen) atoms.